The Labute approximate surface area is 244 Å². The highest BCUT2D eigenvalue weighted by atomic mass is 32.2. The van der Waals surface area contributed by atoms with Crippen molar-refractivity contribution in [2.24, 2.45) is 0 Å². The second kappa shape index (κ2) is 13.2. The van der Waals surface area contributed by atoms with Crippen LogP contribution in [-0.2, 0) is 29.5 Å². The first-order valence-corrected chi connectivity index (χ1v) is 15.4. The number of nitrogens with one attached hydrogen (secondary N) is 1. The van der Waals surface area contributed by atoms with Crippen LogP contribution >= 0.6 is 0 Å². The Morgan fingerprint density at radius 3 is 2.34 bits per heavy atom. The van der Waals surface area contributed by atoms with Gasteiger partial charge in [-0.2, -0.15) is 4.31 Å². The minimum absolute atomic E-state index is 0.000100. The van der Waals surface area contributed by atoms with Crippen LogP contribution in [0.25, 0.3) is 0 Å². The highest BCUT2D eigenvalue weighted by molar-refractivity contribution is 7.89. The highest BCUT2D eigenvalue weighted by Gasteiger charge is 2.27. The lowest BCUT2D eigenvalue weighted by Crippen LogP contribution is -2.31. The van der Waals surface area contributed by atoms with Crippen LogP contribution in [0.4, 0.5) is 0 Å². The number of hydrogen-bond donors (Lipinski definition) is 1. The van der Waals surface area contributed by atoms with Crippen molar-refractivity contribution < 1.29 is 22.4 Å². The first-order chi connectivity index (χ1) is 19.5. The average Bonchev–Trinajstić information content (AvgIpc) is 3.59. The van der Waals surface area contributed by atoms with Gasteiger partial charge in [-0.25, -0.2) is 8.42 Å². The summed E-state index contributed by atoms with van der Waals surface area (Å²) < 4.78 is 38.6. The van der Waals surface area contributed by atoms with Gasteiger partial charge in [0.1, 0.15) is 17.8 Å². The molecular weight excluding hydrogens is 540 g/mol. The molecule has 1 saturated heterocycles. The molecule has 1 aliphatic heterocycles. The molecule has 1 fully saturated rings. The first-order valence-electron chi connectivity index (χ1n) is 13.9. The van der Waals surface area contributed by atoms with Crippen molar-refractivity contribution >= 4 is 15.9 Å². The van der Waals surface area contributed by atoms with Crippen LogP contribution in [0.3, 0.4) is 0 Å². The molecule has 1 atom stereocenters. The van der Waals surface area contributed by atoms with Crippen LogP contribution < -0.4 is 10.1 Å². The number of amides is 1. The molecule has 2 aromatic carbocycles. The predicted molar refractivity (Wildman–Crippen MR) is 160 cm³/mol. The van der Waals surface area contributed by atoms with Crippen LogP contribution in [-0.4, -0.2) is 82.4 Å². The van der Waals surface area contributed by atoms with Crippen LogP contribution in [0.1, 0.15) is 44.8 Å². The number of furan rings is 1. The lowest BCUT2D eigenvalue weighted by atomic mass is 10.1. The number of benzene rings is 2. The van der Waals surface area contributed by atoms with Gasteiger partial charge in [0, 0.05) is 39.3 Å². The fourth-order valence-electron chi connectivity index (χ4n) is 5.35. The Kier molecular flexibility index (Phi) is 9.91. The zero-order valence-corrected chi connectivity index (χ0v) is 25.8. The van der Waals surface area contributed by atoms with Crippen molar-refractivity contribution in [2.45, 2.75) is 50.7 Å². The molecule has 0 aliphatic carbocycles. The van der Waals surface area contributed by atoms with Gasteiger partial charge in [0.2, 0.25) is 10.0 Å². The third-order valence-electron chi connectivity index (χ3n) is 7.74. The van der Waals surface area contributed by atoms with Gasteiger partial charge >= 0.3 is 0 Å². The van der Waals surface area contributed by atoms with E-state index in [9.17, 15) is 13.2 Å². The lowest BCUT2D eigenvalue weighted by molar-refractivity contribution is 0.0953. The third-order valence-corrected chi connectivity index (χ3v) is 9.85. The molecule has 0 bridgehead atoms. The number of nitrogens with zero attached hydrogens (tertiary/aromatic N) is 3. The van der Waals surface area contributed by atoms with E-state index in [1.807, 2.05) is 0 Å². The second-order valence-corrected chi connectivity index (χ2v) is 13.1. The number of carbonyl (C=O) groups excluding carboxylic acids is 1. The number of methoxy groups -OCH3 is 1. The molecule has 1 amide bonds. The van der Waals surface area contributed by atoms with Crippen LogP contribution in [0.2, 0.25) is 0 Å². The fourth-order valence-corrected chi connectivity index (χ4v) is 6.89. The van der Waals surface area contributed by atoms with Crippen LogP contribution in [0.15, 0.2) is 58.0 Å². The van der Waals surface area contributed by atoms with Crippen molar-refractivity contribution in [2.75, 3.05) is 47.9 Å². The molecule has 0 saturated carbocycles. The largest absolute Gasteiger partial charge is 0.497 e. The van der Waals surface area contributed by atoms with Crippen molar-refractivity contribution in [1.29, 1.82) is 0 Å². The third kappa shape index (κ3) is 7.56. The number of aryl methyl sites for hydroxylation is 2. The second-order valence-electron chi connectivity index (χ2n) is 11.1. The molecular formula is C31H42N4O5S. The standard InChI is InChI=1S/C31H42N4O5S/c1-22-15-28(39-6)16-23(2)30(22)41(37,38)34(5)20-29-17-26(21-40-29)31(36)32-13-11-24-7-9-25(10-8-24)18-35-14-12-27(19-35)33(3)4/h7-10,15-17,21,27H,11-14,18-20H2,1-6H3,(H,32,36). The molecule has 2 heterocycles. The minimum Gasteiger partial charge on any atom is -0.497 e. The van der Waals surface area contributed by atoms with Gasteiger partial charge in [-0.15, -0.1) is 0 Å². The van der Waals surface area contributed by atoms with E-state index in [-0.39, 0.29) is 17.3 Å². The molecule has 1 aromatic heterocycles. The van der Waals surface area contributed by atoms with E-state index in [0.29, 0.717) is 47.2 Å². The number of sulfonamides is 1. The maximum Gasteiger partial charge on any atom is 0.254 e. The maximum absolute atomic E-state index is 13.3. The Hall–Kier alpha value is -3.18. The molecule has 10 heteroatoms. The molecule has 4 rings (SSSR count). The van der Waals surface area contributed by atoms with Crippen LogP contribution in [0, 0.1) is 13.8 Å². The zero-order valence-electron chi connectivity index (χ0n) is 24.9. The van der Waals surface area contributed by atoms with Gasteiger partial charge < -0.3 is 19.4 Å². The molecule has 1 N–H and O–H groups in total. The van der Waals surface area contributed by atoms with Gasteiger partial charge in [-0.3, -0.25) is 9.69 Å². The number of carbonyl (C=O) groups is 1. The van der Waals surface area contributed by atoms with Gasteiger partial charge in [-0.1, -0.05) is 24.3 Å². The molecule has 3 aromatic rings. The molecule has 9 nitrogen and oxygen atoms in total. The van der Waals surface area contributed by atoms with Gasteiger partial charge in [0.15, 0.2) is 0 Å². The monoisotopic (exact) mass is 582 g/mol. The number of ether oxygens (including phenoxy) is 1. The summed E-state index contributed by atoms with van der Waals surface area (Å²) in [4.78, 5) is 17.7. The van der Waals surface area contributed by atoms with Crippen molar-refractivity contribution in [1.82, 2.24) is 19.4 Å². The Balaban J connectivity index is 1.26. The van der Waals surface area contributed by atoms with Gasteiger partial charge in [0.25, 0.3) is 5.91 Å². The molecule has 222 valence electrons. The summed E-state index contributed by atoms with van der Waals surface area (Å²) in [6.07, 6.45) is 3.29. The summed E-state index contributed by atoms with van der Waals surface area (Å²) in [7, 11) is 3.55. The predicted octanol–water partition coefficient (Wildman–Crippen LogP) is 3.83. The van der Waals surface area contributed by atoms with E-state index in [4.69, 9.17) is 9.15 Å². The fraction of sp³-hybridized carbons (Fsp3) is 0.452. The zero-order chi connectivity index (χ0) is 29.7. The molecule has 0 spiro atoms. The van der Waals surface area contributed by atoms with E-state index in [0.717, 1.165) is 25.2 Å². The van der Waals surface area contributed by atoms with E-state index >= 15 is 0 Å². The summed E-state index contributed by atoms with van der Waals surface area (Å²) in [6, 6.07) is 14.2. The highest BCUT2D eigenvalue weighted by Crippen LogP contribution is 2.28. The topological polar surface area (TPSA) is 95.3 Å². The Morgan fingerprint density at radius 2 is 1.73 bits per heavy atom. The minimum atomic E-state index is -3.78. The molecule has 0 radical (unpaired) electrons. The number of likely N-dealkylation sites (N-methyl/N-ethyl adjacent to an activating group) is 1. The van der Waals surface area contributed by atoms with E-state index < -0.39 is 10.0 Å². The van der Waals surface area contributed by atoms with E-state index in [1.54, 1.807) is 39.2 Å². The summed E-state index contributed by atoms with van der Waals surface area (Å²) >= 11 is 0. The van der Waals surface area contributed by atoms with Crippen molar-refractivity contribution in [3.05, 3.63) is 82.3 Å². The van der Waals surface area contributed by atoms with Crippen molar-refractivity contribution in [3.8, 4) is 5.75 Å². The van der Waals surface area contributed by atoms with E-state index in [2.05, 4.69) is 53.5 Å². The first kappa shape index (κ1) is 30.8. The SMILES string of the molecule is COc1cc(C)c(S(=O)(=O)N(C)Cc2cc(C(=O)NCCc3ccc(CN4CCC(N(C)C)C4)cc3)co2)c(C)c1. The smallest absolute Gasteiger partial charge is 0.254 e. The van der Waals surface area contributed by atoms with E-state index in [1.165, 1.54) is 29.6 Å². The molecule has 1 aliphatic rings. The summed E-state index contributed by atoms with van der Waals surface area (Å²) in [6.45, 7) is 7.16. The Bertz CT molecular complexity index is 1430. The number of hydrogen-bond acceptors (Lipinski definition) is 7. The summed E-state index contributed by atoms with van der Waals surface area (Å²) in [5.41, 5.74) is 4.03. The quantitative estimate of drug-likeness (QED) is 0.347. The number of likely N-dealkylation sites (tertiary alicyclic amines) is 1. The van der Waals surface area contributed by atoms with Gasteiger partial charge in [0.05, 0.1) is 24.1 Å². The van der Waals surface area contributed by atoms with Crippen LogP contribution in [0.5, 0.6) is 5.75 Å². The average molecular weight is 583 g/mol. The van der Waals surface area contributed by atoms with Gasteiger partial charge in [-0.05, 0) is 81.2 Å². The molecule has 1 unspecified atom stereocenters. The Morgan fingerprint density at radius 1 is 1.07 bits per heavy atom. The molecule has 41 heavy (non-hydrogen) atoms. The van der Waals surface area contributed by atoms with Crippen molar-refractivity contribution in [3.63, 3.8) is 0 Å². The maximum atomic E-state index is 13.3. The summed E-state index contributed by atoms with van der Waals surface area (Å²) in [5, 5.41) is 2.93. The lowest BCUT2D eigenvalue weighted by Gasteiger charge is -2.20. The number of rotatable bonds is 12. The summed E-state index contributed by atoms with van der Waals surface area (Å²) in [5.74, 6) is 0.736. The normalized spacial score (nSPS) is 16.0.